The molecule has 0 spiro atoms. The normalized spacial score (nSPS) is 22.1. The summed E-state index contributed by atoms with van der Waals surface area (Å²) in [5, 5.41) is 9.13. The van der Waals surface area contributed by atoms with Crippen LogP contribution in [0.3, 0.4) is 0 Å². The quantitative estimate of drug-likeness (QED) is 0.823. The summed E-state index contributed by atoms with van der Waals surface area (Å²) in [4.78, 5) is 13.6. The van der Waals surface area contributed by atoms with Crippen LogP contribution < -0.4 is 0 Å². The maximum absolute atomic E-state index is 11.3. The van der Waals surface area contributed by atoms with E-state index >= 15 is 0 Å². The molecule has 0 radical (unpaired) electrons. The third-order valence-electron chi connectivity index (χ3n) is 3.55. The van der Waals surface area contributed by atoms with Crippen LogP contribution >= 0.6 is 0 Å². The van der Waals surface area contributed by atoms with E-state index in [1.54, 1.807) is 6.07 Å². The van der Waals surface area contributed by atoms with Crippen LogP contribution in [0.15, 0.2) is 16.5 Å². The fourth-order valence-electron chi connectivity index (χ4n) is 2.33. The summed E-state index contributed by atoms with van der Waals surface area (Å²) >= 11 is 0. The van der Waals surface area contributed by atoms with Gasteiger partial charge in [0.05, 0.1) is 13.2 Å². The highest BCUT2D eigenvalue weighted by Gasteiger charge is 2.28. The number of rotatable bonds is 4. The minimum absolute atomic E-state index is 0.111. The Morgan fingerprint density at radius 3 is 3.06 bits per heavy atom. The maximum atomic E-state index is 11.3. The zero-order chi connectivity index (χ0) is 13.1. The molecule has 1 fully saturated rings. The van der Waals surface area contributed by atoms with Gasteiger partial charge in [-0.3, -0.25) is 4.90 Å². The lowest BCUT2D eigenvalue weighted by atomic mass is 10.1. The van der Waals surface area contributed by atoms with E-state index in [1.165, 1.54) is 7.11 Å². The largest absolute Gasteiger partial charge is 0.463 e. The molecule has 5 heteroatoms. The zero-order valence-corrected chi connectivity index (χ0v) is 10.8. The molecule has 1 aromatic rings. The Labute approximate surface area is 106 Å². The van der Waals surface area contributed by atoms with Crippen molar-refractivity contribution in [3.63, 3.8) is 0 Å². The lowest BCUT2D eigenvalue weighted by Gasteiger charge is -2.22. The lowest BCUT2D eigenvalue weighted by Crippen LogP contribution is -2.24. The fraction of sp³-hybridized carbons (Fsp3) is 0.615. The van der Waals surface area contributed by atoms with Crippen molar-refractivity contribution >= 4 is 5.97 Å². The van der Waals surface area contributed by atoms with Gasteiger partial charge in [0.15, 0.2) is 0 Å². The molecule has 2 unspecified atom stereocenters. The Morgan fingerprint density at radius 1 is 1.67 bits per heavy atom. The van der Waals surface area contributed by atoms with Gasteiger partial charge in [0.25, 0.3) is 0 Å². The molecule has 2 atom stereocenters. The third kappa shape index (κ3) is 2.57. The van der Waals surface area contributed by atoms with Gasteiger partial charge in [0, 0.05) is 13.2 Å². The second-order valence-corrected chi connectivity index (χ2v) is 4.70. The molecular formula is C13H19NO4. The number of furan rings is 1. The van der Waals surface area contributed by atoms with Crippen LogP contribution in [0.4, 0.5) is 0 Å². The number of carbonyl (C=O) groups is 1. The van der Waals surface area contributed by atoms with E-state index in [4.69, 9.17) is 9.52 Å². The van der Waals surface area contributed by atoms with Crippen LogP contribution in [0, 0.1) is 5.92 Å². The van der Waals surface area contributed by atoms with Gasteiger partial charge in [-0.15, -0.1) is 0 Å². The molecule has 1 N–H and O–H groups in total. The Balaban J connectivity index is 2.03. The summed E-state index contributed by atoms with van der Waals surface area (Å²) in [7, 11) is 1.33. The molecule has 18 heavy (non-hydrogen) atoms. The minimum Gasteiger partial charge on any atom is -0.463 e. The van der Waals surface area contributed by atoms with E-state index in [9.17, 15) is 4.79 Å². The first kappa shape index (κ1) is 13.1. The number of hydrogen-bond acceptors (Lipinski definition) is 5. The third-order valence-corrected chi connectivity index (χ3v) is 3.55. The van der Waals surface area contributed by atoms with Crippen molar-refractivity contribution in [2.24, 2.45) is 5.92 Å². The number of hydrogen-bond donors (Lipinski definition) is 1. The number of nitrogens with zero attached hydrogens (tertiary/aromatic N) is 1. The van der Waals surface area contributed by atoms with E-state index < -0.39 is 5.97 Å². The summed E-state index contributed by atoms with van der Waals surface area (Å²) in [6.07, 6.45) is 1.01. The van der Waals surface area contributed by atoms with Crippen molar-refractivity contribution in [1.82, 2.24) is 4.90 Å². The van der Waals surface area contributed by atoms with E-state index in [-0.39, 0.29) is 18.4 Å². The van der Waals surface area contributed by atoms with E-state index in [0.29, 0.717) is 5.92 Å². The summed E-state index contributed by atoms with van der Waals surface area (Å²) in [5.41, 5.74) is 0. The monoisotopic (exact) mass is 253 g/mol. The first-order valence-electron chi connectivity index (χ1n) is 6.18. The van der Waals surface area contributed by atoms with Crippen molar-refractivity contribution in [2.75, 3.05) is 26.8 Å². The lowest BCUT2D eigenvalue weighted by molar-refractivity contribution is 0.0559. The molecule has 0 bridgehead atoms. The van der Waals surface area contributed by atoms with Gasteiger partial charge in [0.1, 0.15) is 5.76 Å². The highest BCUT2D eigenvalue weighted by Crippen LogP contribution is 2.28. The molecule has 2 heterocycles. The molecule has 100 valence electrons. The average molecular weight is 253 g/mol. The van der Waals surface area contributed by atoms with Gasteiger partial charge in [0.2, 0.25) is 5.76 Å². The van der Waals surface area contributed by atoms with Crippen molar-refractivity contribution in [2.45, 2.75) is 19.4 Å². The molecule has 0 amide bonds. The first-order chi connectivity index (χ1) is 8.65. The molecule has 5 nitrogen and oxygen atoms in total. The van der Waals surface area contributed by atoms with Crippen molar-refractivity contribution in [3.8, 4) is 0 Å². The molecule has 0 saturated carbocycles. The smallest absolute Gasteiger partial charge is 0.373 e. The van der Waals surface area contributed by atoms with Gasteiger partial charge in [-0.05, 0) is 37.9 Å². The number of carbonyl (C=O) groups excluding carboxylic acids is 1. The summed E-state index contributed by atoms with van der Waals surface area (Å²) in [6, 6.07) is 3.56. The molecule has 0 aliphatic carbocycles. The summed E-state index contributed by atoms with van der Waals surface area (Å²) < 4.78 is 10.1. The standard InChI is InChI=1S/C13H19NO4/c1-9(14-6-5-10(7-14)8-15)11-3-4-12(18-11)13(16)17-2/h3-4,9-10,15H,5-8H2,1-2H3. The van der Waals surface area contributed by atoms with E-state index in [0.717, 1.165) is 25.3 Å². The van der Waals surface area contributed by atoms with Crippen molar-refractivity contribution in [1.29, 1.82) is 0 Å². The Bertz CT molecular complexity index is 415. The Kier molecular flexibility index (Phi) is 4.04. The summed E-state index contributed by atoms with van der Waals surface area (Å²) in [5.74, 6) is 0.886. The molecule has 1 aliphatic heterocycles. The predicted octanol–water partition coefficient (Wildman–Crippen LogP) is 1.44. The van der Waals surface area contributed by atoms with E-state index in [2.05, 4.69) is 9.64 Å². The number of aliphatic hydroxyl groups is 1. The van der Waals surface area contributed by atoms with Crippen LogP contribution in [0.2, 0.25) is 0 Å². The van der Waals surface area contributed by atoms with Crippen molar-refractivity contribution < 1.29 is 19.1 Å². The van der Waals surface area contributed by atoms with Gasteiger partial charge < -0.3 is 14.3 Å². The SMILES string of the molecule is COC(=O)c1ccc(C(C)N2CCC(CO)C2)o1. The highest BCUT2D eigenvalue weighted by molar-refractivity contribution is 5.86. The topological polar surface area (TPSA) is 62.9 Å². The Morgan fingerprint density at radius 2 is 2.44 bits per heavy atom. The second kappa shape index (κ2) is 5.54. The maximum Gasteiger partial charge on any atom is 0.373 e. The number of methoxy groups -OCH3 is 1. The molecule has 1 aliphatic rings. The van der Waals surface area contributed by atoms with Gasteiger partial charge >= 0.3 is 5.97 Å². The van der Waals surface area contributed by atoms with Gasteiger partial charge in [-0.2, -0.15) is 0 Å². The number of esters is 1. The number of aliphatic hydroxyl groups excluding tert-OH is 1. The second-order valence-electron chi connectivity index (χ2n) is 4.70. The molecular weight excluding hydrogens is 234 g/mol. The van der Waals surface area contributed by atoms with Crippen LogP contribution in [0.1, 0.15) is 35.7 Å². The van der Waals surface area contributed by atoms with E-state index in [1.807, 2.05) is 13.0 Å². The Hall–Kier alpha value is -1.33. The highest BCUT2D eigenvalue weighted by atomic mass is 16.5. The van der Waals surface area contributed by atoms with Crippen LogP contribution in [0.5, 0.6) is 0 Å². The molecule has 1 aromatic heterocycles. The van der Waals surface area contributed by atoms with Crippen LogP contribution in [-0.2, 0) is 4.74 Å². The van der Waals surface area contributed by atoms with Crippen LogP contribution in [-0.4, -0.2) is 42.8 Å². The first-order valence-corrected chi connectivity index (χ1v) is 6.18. The zero-order valence-electron chi connectivity index (χ0n) is 10.8. The molecule has 2 rings (SSSR count). The number of ether oxygens (including phenoxy) is 1. The predicted molar refractivity (Wildman–Crippen MR) is 65.2 cm³/mol. The number of likely N-dealkylation sites (tertiary alicyclic amines) is 1. The van der Waals surface area contributed by atoms with Gasteiger partial charge in [-0.25, -0.2) is 4.79 Å². The average Bonchev–Trinajstić information content (AvgIpc) is 3.05. The van der Waals surface area contributed by atoms with Crippen molar-refractivity contribution in [3.05, 3.63) is 23.7 Å². The van der Waals surface area contributed by atoms with Gasteiger partial charge in [-0.1, -0.05) is 0 Å². The fourth-order valence-corrected chi connectivity index (χ4v) is 2.33. The molecule has 1 saturated heterocycles. The van der Waals surface area contributed by atoms with Crippen LogP contribution in [0.25, 0.3) is 0 Å². The summed E-state index contributed by atoms with van der Waals surface area (Å²) in [6.45, 7) is 4.08. The minimum atomic E-state index is -0.455. The molecule has 0 aromatic carbocycles.